The van der Waals surface area contributed by atoms with E-state index in [1.165, 1.54) is 6.20 Å². The Balaban J connectivity index is 2.40. The molecule has 3 N–H and O–H groups in total. The van der Waals surface area contributed by atoms with Crippen molar-refractivity contribution in [1.82, 2.24) is 15.2 Å². The Bertz CT molecular complexity index is 363. The predicted octanol–water partition coefficient (Wildman–Crippen LogP) is 0.735. The van der Waals surface area contributed by atoms with Crippen molar-refractivity contribution in [3.05, 3.63) is 23.9 Å². The summed E-state index contributed by atoms with van der Waals surface area (Å²) < 4.78 is 0. The zero-order chi connectivity index (χ0) is 12.7. The number of nitrogens with zero attached hydrogens (tertiary/aromatic N) is 2. The van der Waals surface area contributed by atoms with E-state index < -0.39 is 0 Å². The molecule has 5 heteroatoms. The number of likely N-dealkylation sites (N-methyl/N-ethyl adjacent to an activating group) is 1. The molecule has 0 unspecified atom stereocenters. The van der Waals surface area contributed by atoms with Crippen LogP contribution in [-0.2, 0) is 0 Å². The van der Waals surface area contributed by atoms with Crippen molar-refractivity contribution >= 4 is 11.7 Å². The summed E-state index contributed by atoms with van der Waals surface area (Å²) in [5, 5.41) is 2.86. The Labute approximate surface area is 102 Å². The van der Waals surface area contributed by atoms with Crippen LogP contribution in [0.15, 0.2) is 18.3 Å². The molecule has 1 rings (SSSR count). The fourth-order valence-corrected chi connectivity index (χ4v) is 1.56. The van der Waals surface area contributed by atoms with Crippen molar-refractivity contribution in [2.24, 2.45) is 0 Å². The van der Waals surface area contributed by atoms with Crippen molar-refractivity contribution in [3.8, 4) is 0 Å². The Hall–Kier alpha value is -1.62. The summed E-state index contributed by atoms with van der Waals surface area (Å²) >= 11 is 0. The molecule has 5 nitrogen and oxygen atoms in total. The number of rotatable bonds is 6. The third-order valence-corrected chi connectivity index (χ3v) is 2.65. The first kappa shape index (κ1) is 13.4. The van der Waals surface area contributed by atoms with Gasteiger partial charge in [0, 0.05) is 24.8 Å². The summed E-state index contributed by atoms with van der Waals surface area (Å²) in [7, 11) is 0. The van der Waals surface area contributed by atoms with E-state index in [0.29, 0.717) is 17.9 Å². The van der Waals surface area contributed by atoms with Gasteiger partial charge in [0.05, 0.1) is 0 Å². The molecule has 1 aromatic heterocycles. The van der Waals surface area contributed by atoms with Gasteiger partial charge >= 0.3 is 0 Å². The van der Waals surface area contributed by atoms with Crippen molar-refractivity contribution in [1.29, 1.82) is 0 Å². The molecule has 0 fully saturated rings. The van der Waals surface area contributed by atoms with Gasteiger partial charge in [0.25, 0.3) is 5.91 Å². The second kappa shape index (κ2) is 6.85. The lowest BCUT2D eigenvalue weighted by Gasteiger charge is -2.17. The Morgan fingerprint density at radius 1 is 1.47 bits per heavy atom. The quantitative estimate of drug-likeness (QED) is 0.764. The second-order valence-corrected chi connectivity index (χ2v) is 3.75. The first-order chi connectivity index (χ1) is 8.17. The van der Waals surface area contributed by atoms with Crippen LogP contribution in [0.4, 0.5) is 5.82 Å². The number of nitrogens with one attached hydrogen (secondary N) is 1. The SMILES string of the molecule is CCN(CC)CCNC(=O)c1ccnc(N)c1. The van der Waals surface area contributed by atoms with Crippen molar-refractivity contribution < 1.29 is 4.79 Å². The van der Waals surface area contributed by atoms with Gasteiger partial charge in [0.2, 0.25) is 0 Å². The van der Waals surface area contributed by atoms with E-state index in [1.807, 2.05) is 0 Å². The van der Waals surface area contributed by atoms with Crippen LogP contribution in [-0.4, -0.2) is 42.0 Å². The smallest absolute Gasteiger partial charge is 0.251 e. The minimum atomic E-state index is -0.105. The summed E-state index contributed by atoms with van der Waals surface area (Å²) in [4.78, 5) is 17.8. The molecule has 0 radical (unpaired) electrons. The average Bonchev–Trinajstić information content (AvgIpc) is 2.34. The van der Waals surface area contributed by atoms with Crippen LogP contribution in [0.2, 0.25) is 0 Å². The molecule has 0 aliphatic rings. The van der Waals surface area contributed by atoms with E-state index >= 15 is 0 Å². The normalized spacial score (nSPS) is 10.5. The van der Waals surface area contributed by atoms with E-state index in [1.54, 1.807) is 12.1 Å². The summed E-state index contributed by atoms with van der Waals surface area (Å²) in [6.07, 6.45) is 1.54. The van der Waals surface area contributed by atoms with Crippen LogP contribution in [0.25, 0.3) is 0 Å². The summed E-state index contributed by atoms with van der Waals surface area (Å²) in [6, 6.07) is 3.23. The second-order valence-electron chi connectivity index (χ2n) is 3.75. The van der Waals surface area contributed by atoms with E-state index in [4.69, 9.17) is 5.73 Å². The van der Waals surface area contributed by atoms with Crippen molar-refractivity contribution in [2.45, 2.75) is 13.8 Å². The van der Waals surface area contributed by atoms with Crippen molar-refractivity contribution in [3.63, 3.8) is 0 Å². The molecule has 0 saturated carbocycles. The van der Waals surface area contributed by atoms with Gasteiger partial charge in [0.15, 0.2) is 0 Å². The van der Waals surface area contributed by atoms with Gasteiger partial charge in [-0.3, -0.25) is 4.79 Å². The van der Waals surface area contributed by atoms with E-state index in [0.717, 1.165) is 19.6 Å². The molecule has 0 aliphatic heterocycles. The summed E-state index contributed by atoms with van der Waals surface area (Å²) in [5.41, 5.74) is 6.07. The summed E-state index contributed by atoms with van der Waals surface area (Å²) in [5.74, 6) is 0.257. The number of aromatic nitrogens is 1. The van der Waals surface area contributed by atoms with Gasteiger partial charge in [-0.15, -0.1) is 0 Å². The molecule has 1 amide bonds. The maximum absolute atomic E-state index is 11.7. The van der Waals surface area contributed by atoms with Gasteiger partial charge in [-0.2, -0.15) is 0 Å². The average molecular weight is 236 g/mol. The van der Waals surface area contributed by atoms with Gasteiger partial charge in [-0.1, -0.05) is 13.8 Å². The highest BCUT2D eigenvalue weighted by Gasteiger charge is 2.06. The Morgan fingerprint density at radius 2 is 2.18 bits per heavy atom. The van der Waals surface area contributed by atoms with Crippen LogP contribution in [0.1, 0.15) is 24.2 Å². The highest BCUT2D eigenvalue weighted by molar-refractivity contribution is 5.94. The molecular formula is C12H20N4O. The molecule has 0 aromatic carbocycles. The van der Waals surface area contributed by atoms with E-state index in [9.17, 15) is 4.79 Å². The van der Waals surface area contributed by atoms with Gasteiger partial charge in [-0.25, -0.2) is 4.98 Å². The summed E-state index contributed by atoms with van der Waals surface area (Å²) in [6.45, 7) is 7.70. The minimum Gasteiger partial charge on any atom is -0.384 e. The number of hydrogen-bond acceptors (Lipinski definition) is 4. The molecule has 1 aromatic rings. The number of carbonyl (C=O) groups excluding carboxylic acids is 1. The largest absolute Gasteiger partial charge is 0.384 e. The first-order valence-electron chi connectivity index (χ1n) is 5.89. The lowest BCUT2D eigenvalue weighted by atomic mass is 10.2. The lowest BCUT2D eigenvalue weighted by molar-refractivity contribution is 0.0949. The fourth-order valence-electron chi connectivity index (χ4n) is 1.56. The predicted molar refractivity (Wildman–Crippen MR) is 68.8 cm³/mol. The van der Waals surface area contributed by atoms with E-state index in [-0.39, 0.29) is 5.91 Å². The van der Waals surface area contributed by atoms with Crippen LogP contribution < -0.4 is 11.1 Å². The van der Waals surface area contributed by atoms with Crippen molar-refractivity contribution in [2.75, 3.05) is 31.9 Å². The molecular weight excluding hydrogens is 216 g/mol. The third-order valence-electron chi connectivity index (χ3n) is 2.65. The van der Waals surface area contributed by atoms with Crippen LogP contribution in [0, 0.1) is 0 Å². The minimum absolute atomic E-state index is 0.105. The zero-order valence-electron chi connectivity index (χ0n) is 10.4. The fraction of sp³-hybridized carbons (Fsp3) is 0.500. The Morgan fingerprint density at radius 3 is 2.76 bits per heavy atom. The Kier molecular flexibility index (Phi) is 5.42. The maximum Gasteiger partial charge on any atom is 0.251 e. The monoisotopic (exact) mass is 236 g/mol. The van der Waals surface area contributed by atoms with Gasteiger partial charge < -0.3 is 16.0 Å². The number of carbonyl (C=O) groups is 1. The van der Waals surface area contributed by atoms with E-state index in [2.05, 4.69) is 29.0 Å². The van der Waals surface area contributed by atoms with Gasteiger partial charge in [-0.05, 0) is 25.2 Å². The standard InChI is InChI=1S/C12H20N4O/c1-3-16(4-2)8-7-15-12(17)10-5-6-14-11(13)9-10/h5-6,9H,3-4,7-8H2,1-2H3,(H2,13,14)(H,15,17). The topological polar surface area (TPSA) is 71.2 Å². The number of amides is 1. The highest BCUT2D eigenvalue weighted by Crippen LogP contribution is 2.02. The molecule has 0 spiro atoms. The zero-order valence-corrected chi connectivity index (χ0v) is 10.4. The van der Waals surface area contributed by atoms with Crippen LogP contribution >= 0.6 is 0 Å². The van der Waals surface area contributed by atoms with Crippen LogP contribution in [0.5, 0.6) is 0 Å². The number of pyridine rings is 1. The highest BCUT2D eigenvalue weighted by atomic mass is 16.1. The molecule has 94 valence electrons. The number of hydrogen-bond donors (Lipinski definition) is 2. The molecule has 0 aliphatic carbocycles. The maximum atomic E-state index is 11.7. The van der Waals surface area contributed by atoms with Crippen LogP contribution in [0.3, 0.4) is 0 Å². The molecule has 1 heterocycles. The third kappa shape index (κ3) is 4.40. The number of anilines is 1. The number of nitrogen functional groups attached to an aromatic ring is 1. The molecule has 0 saturated heterocycles. The molecule has 0 atom stereocenters. The number of nitrogens with two attached hydrogens (primary N) is 1. The first-order valence-corrected chi connectivity index (χ1v) is 5.89. The molecule has 17 heavy (non-hydrogen) atoms. The van der Waals surface area contributed by atoms with Gasteiger partial charge in [0.1, 0.15) is 5.82 Å². The lowest BCUT2D eigenvalue weighted by Crippen LogP contribution is -2.34. The molecule has 0 bridgehead atoms.